The molecule has 26 heavy (non-hydrogen) atoms. The number of aromatic nitrogens is 2. The van der Waals surface area contributed by atoms with E-state index in [2.05, 4.69) is 10.3 Å². The highest BCUT2D eigenvalue weighted by molar-refractivity contribution is 6.30. The summed E-state index contributed by atoms with van der Waals surface area (Å²) in [6.45, 7) is 0.322. The van der Waals surface area contributed by atoms with Crippen LogP contribution in [0.15, 0.2) is 48.8 Å². The van der Waals surface area contributed by atoms with Crippen molar-refractivity contribution < 1.29 is 14.3 Å². The minimum atomic E-state index is -0.224. The molecule has 0 fully saturated rings. The van der Waals surface area contributed by atoms with Gasteiger partial charge in [-0.05, 0) is 30.3 Å². The summed E-state index contributed by atoms with van der Waals surface area (Å²) in [5.74, 6) is 1.10. The zero-order chi connectivity index (χ0) is 18.5. The molecule has 0 saturated carbocycles. The third kappa shape index (κ3) is 4.15. The van der Waals surface area contributed by atoms with Gasteiger partial charge in [0.1, 0.15) is 17.1 Å². The first-order valence-electron chi connectivity index (χ1n) is 7.90. The third-order valence-corrected chi connectivity index (χ3v) is 3.99. The van der Waals surface area contributed by atoms with Crippen LogP contribution in [0.5, 0.6) is 11.5 Å². The van der Waals surface area contributed by atoms with Gasteiger partial charge in [0.05, 0.1) is 31.5 Å². The van der Waals surface area contributed by atoms with E-state index in [0.29, 0.717) is 23.1 Å². The van der Waals surface area contributed by atoms with Gasteiger partial charge in [-0.25, -0.2) is 4.98 Å². The van der Waals surface area contributed by atoms with E-state index in [9.17, 15) is 4.79 Å². The summed E-state index contributed by atoms with van der Waals surface area (Å²) >= 11 is 5.95. The number of hydrogen-bond acceptors (Lipinski definition) is 4. The second-order valence-corrected chi connectivity index (χ2v) is 5.94. The number of amides is 1. The molecule has 1 amide bonds. The van der Waals surface area contributed by atoms with Crippen molar-refractivity contribution in [3.8, 4) is 11.5 Å². The van der Waals surface area contributed by atoms with Crippen molar-refractivity contribution in [2.45, 2.75) is 6.54 Å². The quantitative estimate of drug-likeness (QED) is 0.675. The summed E-state index contributed by atoms with van der Waals surface area (Å²) in [7, 11) is 3.16. The molecule has 2 heterocycles. The lowest BCUT2D eigenvalue weighted by atomic mass is 10.1. The first kappa shape index (κ1) is 17.8. The molecular formula is C19H18ClN3O3. The number of ether oxygens (including phenoxy) is 2. The van der Waals surface area contributed by atoms with Gasteiger partial charge in [-0.15, -0.1) is 0 Å². The van der Waals surface area contributed by atoms with E-state index in [0.717, 1.165) is 16.9 Å². The Morgan fingerprint density at radius 3 is 2.85 bits per heavy atom. The van der Waals surface area contributed by atoms with Crippen molar-refractivity contribution in [2.75, 3.05) is 14.2 Å². The van der Waals surface area contributed by atoms with Gasteiger partial charge in [0, 0.05) is 30.1 Å². The number of methoxy groups -OCH3 is 2. The number of fused-ring (bicyclic) bond motifs is 1. The molecule has 0 saturated heterocycles. The minimum Gasteiger partial charge on any atom is -0.497 e. The Bertz CT molecular complexity index is 966. The third-order valence-electron chi connectivity index (χ3n) is 3.76. The number of carbonyl (C=O) groups excluding carboxylic acids is 1. The Labute approximate surface area is 156 Å². The summed E-state index contributed by atoms with van der Waals surface area (Å²) in [5.41, 5.74) is 2.30. The normalized spacial score (nSPS) is 11.0. The Morgan fingerprint density at radius 1 is 1.23 bits per heavy atom. The molecule has 1 N–H and O–H groups in total. The van der Waals surface area contributed by atoms with E-state index in [1.807, 2.05) is 28.8 Å². The summed E-state index contributed by atoms with van der Waals surface area (Å²) in [6.07, 6.45) is 6.75. The van der Waals surface area contributed by atoms with Crippen LogP contribution in [0.3, 0.4) is 0 Å². The van der Waals surface area contributed by atoms with Crippen molar-refractivity contribution in [3.63, 3.8) is 0 Å². The van der Waals surface area contributed by atoms with Gasteiger partial charge in [0.25, 0.3) is 0 Å². The van der Waals surface area contributed by atoms with Crippen LogP contribution in [0.4, 0.5) is 0 Å². The van der Waals surface area contributed by atoms with Gasteiger partial charge in [-0.3, -0.25) is 4.79 Å². The van der Waals surface area contributed by atoms with E-state index >= 15 is 0 Å². The van der Waals surface area contributed by atoms with Crippen LogP contribution in [0.1, 0.15) is 11.3 Å². The van der Waals surface area contributed by atoms with E-state index in [1.165, 1.54) is 6.08 Å². The second kappa shape index (κ2) is 7.93. The summed E-state index contributed by atoms with van der Waals surface area (Å²) in [4.78, 5) is 16.5. The Balaban J connectivity index is 1.63. The predicted octanol–water partition coefficient (Wildman–Crippen LogP) is 3.33. The van der Waals surface area contributed by atoms with Crippen LogP contribution in [0.25, 0.3) is 11.7 Å². The van der Waals surface area contributed by atoms with Gasteiger partial charge < -0.3 is 19.2 Å². The first-order chi connectivity index (χ1) is 12.6. The lowest BCUT2D eigenvalue weighted by Crippen LogP contribution is -2.20. The summed E-state index contributed by atoms with van der Waals surface area (Å²) in [6, 6.07) is 9.00. The zero-order valence-electron chi connectivity index (χ0n) is 14.4. The highest BCUT2D eigenvalue weighted by Gasteiger charge is 2.05. The summed E-state index contributed by atoms with van der Waals surface area (Å²) < 4.78 is 12.3. The topological polar surface area (TPSA) is 64.9 Å². The number of halogens is 1. The molecular weight excluding hydrogens is 354 g/mol. The molecule has 6 nitrogen and oxygen atoms in total. The van der Waals surface area contributed by atoms with Gasteiger partial charge in [-0.2, -0.15) is 0 Å². The number of nitrogens with zero attached hydrogens (tertiary/aromatic N) is 2. The Hall–Kier alpha value is -2.99. The van der Waals surface area contributed by atoms with Crippen molar-refractivity contribution in [1.82, 2.24) is 14.7 Å². The van der Waals surface area contributed by atoms with Crippen molar-refractivity contribution in [1.29, 1.82) is 0 Å². The van der Waals surface area contributed by atoms with Crippen LogP contribution in [-0.4, -0.2) is 29.5 Å². The number of carbonyl (C=O) groups is 1. The second-order valence-electron chi connectivity index (χ2n) is 5.50. The molecule has 3 aromatic rings. The van der Waals surface area contributed by atoms with Gasteiger partial charge in [0.15, 0.2) is 0 Å². The zero-order valence-corrected chi connectivity index (χ0v) is 15.2. The van der Waals surface area contributed by atoms with E-state index in [4.69, 9.17) is 21.1 Å². The number of pyridine rings is 1. The molecule has 1 aromatic carbocycles. The summed E-state index contributed by atoms with van der Waals surface area (Å²) in [5, 5.41) is 3.43. The SMILES string of the molecule is COc1ccc(/C=C/C(=O)NCc2cn3cc(Cl)ccc3n2)c(OC)c1. The van der Waals surface area contributed by atoms with E-state index < -0.39 is 0 Å². The highest BCUT2D eigenvalue weighted by Crippen LogP contribution is 2.25. The Morgan fingerprint density at radius 2 is 2.08 bits per heavy atom. The predicted molar refractivity (Wildman–Crippen MR) is 101 cm³/mol. The van der Waals surface area contributed by atoms with Gasteiger partial charge >= 0.3 is 0 Å². The van der Waals surface area contributed by atoms with Crippen LogP contribution in [0.2, 0.25) is 5.02 Å². The molecule has 0 radical (unpaired) electrons. The smallest absolute Gasteiger partial charge is 0.244 e. The molecule has 0 unspecified atom stereocenters. The molecule has 0 atom stereocenters. The molecule has 0 aliphatic rings. The maximum Gasteiger partial charge on any atom is 0.244 e. The number of benzene rings is 1. The maximum absolute atomic E-state index is 12.1. The molecule has 7 heteroatoms. The largest absolute Gasteiger partial charge is 0.497 e. The maximum atomic E-state index is 12.1. The highest BCUT2D eigenvalue weighted by atomic mass is 35.5. The Kier molecular flexibility index (Phi) is 5.43. The fourth-order valence-corrected chi connectivity index (χ4v) is 2.63. The van der Waals surface area contributed by atoms with E-state index in [1.54, 1.807) is 38.6 Å². The molecule has 3 rings (SSSR count). The molecule has 0 aliphatic carbocycles. The number of hydrogen-bond donors (Lipinski definition) is 1. The number of rotatable bonds is 6. The van der Waals surface area contributed by atoms with Gasteiger partial charge in [-0.1, -0.05) is 11.6 Å². The lowest BCUT2D eigenvalue weighted by molar-refractivity contribution is -0.116. The fraction of sp³-hybridized carbons (Fsp3) is 0.158. The fourth-order valence-electron chi connectivity index (χ4n) is 2.46. The van der Waals surface area contributed by atoms with Crippen LogP contribution < -0.4 is 14.8 Å². The van der Waals surface area contributed by atoms with E-state index in [-0.39, 0.29) is 5.91 Å². The van der Waals surface area contributed by atoms with Crippen LogP contribution in [0, 0.1) is 0 Å². The molecule has 0 aliphatic heterocycles. The number of nitrogens with one attached hydrogen (secondary N) is 1. The molecule has 0 spiro atoms. The monoisotopic (exact) mass is 371 g/mol. The van der Waals surface area contributed by atoms with Gasteiger partial charge in [0.2, 0.25) is 5.91 Å². The van der Waals surface area contributed by atoms with Crippen molar-refractivity contribution in [2.24, 2.45) is 0 Å². The first-order valence-corrected chi connectivity index (χ1v) is 8.28. The molecule has 0 bridgehead atoms. The van der Waals surface area contributed by atoms with Crippen LogP contribution >= 0.6 is 11.6 Å². The van der Waals surface area contributed by atoms with Crippen LogP contribution in [-0.2, 0) is 11.3 Å². The number of imidazole rings is 1. The molecule has 2 aromatic heterocycles. The minimum absolute atomic E-state index is 0.224. The average Bonchev–Trinajstić information content (AvgIpc) is 3.06. The standard InChI is InChI=1S/C19H18ClN3O3/c1-25-16-6-3-13(17(9-16)26-2)4-8-19(24)21-10-15-12-23-11-14(20)5-7-18(23)22-15/h3-9,11-12H,10H2,1-2H3,(H,21,24)/b8-4+. The average molecular weight is 372 g/mol. The molecule has 134 valence electrons. The van der Waals surface area contributed by atoms with Crippen molar-refractivity contribution >= 4 is 29.2 Å². The lowest BCUT2D eigenvalue weighted by Gasteiger charge is -2.07. The van der Waals surface area contributed by atoms with Crippen molar-refractivity contribution in [3.05, 3.63) is 65.1 Å².